The van der Waals surface area contributed by atoms with Gasteiger partial charge in [-0.1, -0.05) is 17.7 Å². The summed E-state index contributed by atoms with van der Waals surface area (Å²) in [5, 5.41) is 7.32. The largest absolute Gasteiger partial charge is 0.493 e. The highest BCUT2D eigenvalue weighted by molar-refractivity contribution is 6.31. The van der Waals surface area contributed by atoms with Gasteiger partial charge in [0.2, 0.25) is 0 Å². The van der Waals surface area contributed by atoms with E-state index < -0.39 is 5.91 Å². The minimum Gasteiger partial charge on any atom is -0.493 e. The topological polar surface area (TPSA) is 107 Å². The lowest BCUT2D eigenvalue weighted by Gasteiger charge is -2.12. The average Bonchev–Trinajstić information content (AvgIpc) is 2.91. The minimum atomic E-state index is -0.405. The fourth-order valence-electron chi connectivity index (χ4n) is 3.32. The van der Waals surface area contributed by atoms with Crippen LogP contribution < -0.4 is 29.7 Å². The van der Waals surface area contributed by atoms with Crippen molar-refractivity contribution < 1.29 is 28.5 Å². The van der Waals surface area contributed by atoms with E-state index in [-0.39, 0.29) is 12.5 Å². The van der Waals surface area contributed by atoms with Crippen molar-refractivity contribution in [2.75, 3.05) is 32.2 Å². The first-order valence-corrected chi connectivity index (χ1v) is 12.3. The number of hydrogen-bond donors (Lipinski definition) is 2. The second kappa shape index (κ2) is 13.9. The predicted octanol–water partition coefficient (Wildman–Crippen LogP) is 5.24. The smallest absolute Gasteiger partial charge is 0.271 e. The molecule has 0 aliphatic carbocycles. The number of rotatable bonds is 12. The third kappa shape index (κ3) is 7.88. The lowest BCUT2D eigenvalue weighted by atomic mass is 10.2. The van der Waals surface area contributed by atoms with Crippen LogP contribution in [0.25, 0.3) is 0 Å². The number of methoxy groups -OCH3 is 1. The second-order valence-corrected chi connectivity index (χ2v) is 8.34. The molecule has 0 aromatic heterocycles. The van der Waals surface area contributed by atoms with Gasteiger partial charge < -0.3 is 24.3 Å². The molecule has 0 unspecified atom stereocenters. The zero-order chi connectivity index (χ0) is 27.5. The maximum atomic E-state index is 12.5. The number of carbonyl (C=O) groups is 2. The van der Waals surface area contributed by atoms with E-state index in [2.05, 4.69) is 15.8 Å². The zero-order valence-corrected chi connectivity index (χ0v) is 22.4. The van der Waals surface area contributed by atoms with Gasteiger partial charge in [0, 0.05) is 16.3 Å². The van der Waals surface area contributed by atoms with E-state index >= 15 is 0 Å². The van der Waals surface area contributed by atoms with Crippen molar-refractivity contribution in [1.82, 2.24) is 5.43 Å². The summed E-state index contributed by atoms with van der Waals surface area (Å²) in [7, 11) is 1.49. The van der Waals surface area contributed by atoms with Crippen LogP contribution in [0.3, 0.4) is 0 Å². The van der Waals surface area contributed by atoms with Crippen LogP contribution in [0.15, 0.2) is 59.7 Å². The van der Waals surface area contributed by atoms with Gasteiger partial charge in [0.1, 0.15) is 0 Å². The molecule has 0 radical (unpaired) electrons. The third-order valence-corrected chi connectivity index (χ3v) is 5.59. The van der Waals surface area contributed by atoms with Gasteiger partial charge in [-0.05, 0) is 80.4 Å². The van der Waals surface area contributed by atoms with E-state index in [0.29, 0.717) is 58.0 Å². The van der Waals surface area contributed by atoms with E-state index in [9.17, 15) is 9.59 Å². The SMILES string of the molecule is CCOc1ccc(C(=O)N/N=C/c2ccc(OCC(=O)Nc3ccc(C)c(Cl)c3)c(OC)c2)cc1OCC. The molecule has 0 atom stereocenters. The molecule has 3 aromatic rings. The molecule has 200 valence electrons. The summed E-state index contributed by atoms with van der Waals surface area (Å²) in [5.74, 6) is 1.09. The van der Waals surface area contributed by atoms with Crippen molar-refractivity contribution in [3.05, 3.63) is 76.3 Å². The first kappa shape index (κ1) is 28.3. The number of benzene rings is 3. The number of carbonyl (C=O) groups excluding carboxylic acids is 2. The van der Waals surface area contributed by atoms with Crippen LogP contribution in [0.1, 0.15) is 35.3 Å². The van der Waals surface area contributed by atoms with Crippen LogP contribution in [0.2, 0.25) is 5.02 Å². The molecule has 38 heavy (non-hydrogen) atoms. The Morgan fingerprint density at radius 2 is 1.61 bits per heavy atom. The molecule has 3 aromatic carbocycles. The fourth-order valence-corrected chi connectivity index (χ4v) is 3.50. The summed E-state index contributed by atoms with van der Waals surface area (Å²) in [6, 6.07) is 15.2. The molecule has 0 saturated heterocycles. The standard InChI is InChI=1S/C28H30ClN3O6/c1-5-36-24-12-9-20(14-26(24)37-6-2)28(34)32-30-16-19-8-11-23(25(13-19)35-4)38-17-27(33)31-21-10-7-18(3)22(29)15-21/h7-16H,5-6,17H2,1-4H3,(H,31,33)(H,32,34)/b30-16+. The number of halogens is 1. The molecule has 9 nitrogen and oxygen atoms in total. The Bertz CT molecular complexity index is 1310. The van der Waals surface area contributed by atoms with Gasteiger partial charge in [-0.25, -0.2) is 5.43 Å². The molecule has 2 amide bonds. The number of amides is 2. The van der Waals surface area contributed by atoms with E-state index in [1.807, 2.05) is 26.8 Å². The van der Waals surface area contributed by atoms with E-state index in [0.717, 1.165) is 5.56 Å². The third-order valence-electron chi connectivity index (χ3n) is 5.19. The Hall–Kier alpha value is -4.24. The molecule has 2 N–H and O–H groups in total. The molecular formula is C28H30ClN3O6. The van der Waals surface area contributed by atoms with Crippen LogP contribution in [0.5, 0.6) is 23.0 Å². The minimum absolute atomic E-state index is 0.225. The number of anilines is 1. The number of ether oxygens (including phenoxy) is 4. The molecule has 0 aliphatic heterocycles. The molecular weight excluding hydrogens is 510 g/mol. The highest BCUT2D eigenvalue weighted by atomic mass is 35.5. The Morgan fingerprint density at radius 3 is 2.32 bits per heavy atom. The van der Waals surface area contributed by atoms with Crippen LogP contribution >= 0.6 is 11.6 Å². The monoisotopic (exact) mass is 539 g/mol. The van der Waals surface area contributed by atoms with Crippen molar-refractivity contribution in [3.8, 4) is 23.0 Å². The lowest BCUT2D eigenvalue weighted by molar-refractivity contribution is -0.118. The Balaban J connectivity index is 1.58. The first-order valence-electron chi connectivity index (χ1n) is 11.9. The molecule has 0 spiro atoms. The maximum Gasteiger partial charge on any atom is 0.271 e. The number of nitrogens with one attached hydrogen (secondary N) is 2. The second-order valence-electron chi connectivity index (χ2n) is 7.94. The van der Waals surface area contributed by atoms with E-state index in [1.54, 1.807) is 48.5 Å². The normalized spacial score (nSPS) is 10.7. The van der Waals surface area contributed by atoms with Gasteiger partial charge in [-0.15, -0.1) is 0 Å². The Kier molecular flexibility index (Phi) is 10.4. The Morgan fingerprint density at radius 1 is 0.895 bits per heavy atom. The van der Waals surface area contributed by atoms with Crippen LogP contribution in [0, 0.1) is 6.92 Å². The average molecular weight is 540 g/mol. The number of aryl methyl sites for hydroxylation is 1. The highest BCUT2D eigenvalue weighted by Crippen LogP contribution is 2.29. The lowest BCUT2D eigenvalue weighted by Crippen LogP contribution is -2.20. The maximum absolute atomic E-state index is 12.5. The molecule has 10 heteroatoms. The van der Waals surface area contributed by atoms with Crippen LogP contribution in [0.4, 0.5) is 5.69 Å². The quantitative estimate of drug-likeness (QED) is 0.241. The van der Waals surface area contributed by atoms with Crippen LogP contribution in [-0.2, 0) is 4.79 Å². The molecule has 0 aliphatic rings. The summed E-state index contributed by atoms with van der Waals surface area (Å²) in [4.78, 5) is 24.8. The van der Waals surface area contributed by atoms with Crippen molar-refractivity contribution in [1.29, 1.82) is 0 Å². The van der Waals surface area contributed by atoms with E-state index in [4.69, 9.17) is 30.5 Å². The molecule has 0 bridgehead atoms. The summed E-state index contributed by atoms with van der Waals surface area (Å²) in [6.45, 7) is 6.31. The van der Waals surface area contributed by atoms with Gasteiger partial charge in [-0.2, -0.15) is 5.10 Å². The van der Waals surface area contributed by atoms with Crippen LogP contribution in [-0.4, -0.2) is 45.0 Å². The van der Waals surface area contributed by atoms with Gasteiger partial charge in [0.25, 0.3) is 11.8 Å². The summed E-state index contributed by atoms with van der Waals surface area (Å²) >= 11 is 6.10. The van der Waals surface area contributed by atoms with Gasteiger partial charge in [0.15, 0.2) is 29.6 Å². The molecule has 0 fully saturated rings. The highest BCUT2D eigenvalue weighted by Gasteiger charge is 2.12. The van der Waals surface area contributed by atoms with Crippen molar-refractivity contribution in [2.45, 2.75) is 20.8 Å². The van der Waals surface area contributed by atoms with Gasteiger partial charge in [-0.3, -0.25) is 9.59 Å². The summed E-state index contributed by atoms with van der Waals surface area (Å²) < 4.78 is 22.1. The summed E-state index contributed by atoms with van der Waals surface area (Å²) in [6.07, 6.45) is 1.47. The van der Waals surface area contributed by atoms with Crippen molar-refractivity contribution in [2.24, 2.45) is 5.10 Å². The van der Waals surface area contributed by atoms with E-state index in [1.165, 1.54) is 13.3 Å². The van der Waals surface area contributed by atoms with Crippen molar-refractivity contribution in [3.63, 3.8) is 0 Å². The fraction of sp³-hybridized carbons (Fsp3) is 0.250. The molecule has 3 rings (SSSR count). The van der Waals surface area contributed by atoms with Crippen molar-refractivity contribution >= 4 is 35.3 Å². The molecule has 0 heterocycles. The first-order chi connectivity index (χ1) is 18.3. The molecule has 0 saturated carbocycles. The summed E-state index contributed by atoms with van der Waals surface area (Å²) in [5.41, 5.74) is 5.01. The predicted molar refractivity (Wildman–Crippen MR) is 147 cm³/mol. The number of hydrogen-bond acceptors (Lipinski definition) is 7. The Labute approximate surface area is 226 Å². The van der Waals surface area contributed by atoms with Gasteiger partial charge >= 0.3 is 0 Å². The van der Waals surface area contributed by atoms with Gasteiger partial charge in [0.05, 0.1) is 26.5 Å². The number of nitrogens with zero attached hydrogens (tertiary/aromatic N) is 1. The number of hydrazone groups is 1. The zero-order valence-electron chi connectivity index (χ0n) is 21.7.